The maximum atomic E-state index is 5.87. The molecule has 4 heteroatoms. The maximum Gasteiger partial charge on any atom is 0.121 e. The molecule has 0 amide bonds. The van der Waals surface area contributed by atoms with Crippen LogP contribution in [0.25, 0.3) is 0 Å². The number of nitrogen functional groups attached to an aromatic ring is 1. The van der Waals surface area contributed by atoms with E-state index in [-0.39, 0.29) is 0 Å². The molecule has 0 aliphatic carbocycles. The van der Waals surface area contributed by atoms with Gasteiger partial charge in [-0.3, -0.25) is 4.98 Å². The van der Waals surface area contributed by atoms with Crippen molar-refractivity contribution in [3.05, 3.63) is 53.9 Å². The van der Waals surface area contributed by atoms with Crippen LogP contribution in [0, 0.1) is 0 Å². The summed E-state index contributed by atoms with van der Waals surface area (Å²) in [7, 11) is 3.77. The number of benzene rings is 1. The van der Waals surface area contributed by atoms with Gasteiger partial charge in [0.05, 0.1) is 7.11 Å². The molecule has 4 nitrogen and oxygen atoms in total. The molecule has 0 radical (unpaired) electrons. The van der Waals surface area contributed by atoms with E-state index in [4.69, 9.17) is 10.5 Å². The fourth-order valence-corrected chi connectivity index (χ4v) is 2.16. The summed E-state index contributed by atoms with van der Waals surface area (Å²) in [5.74, 6) is 0.808. The molecule has 0 bridgehead atoms. The fraction of sp³-hybridized carbons (Fsp3) is 0.312. The second-order valence-corrected chi connectivity index (χ2v) is 4.96. The Morgan fingerprint density at radius 1 is 1.15 bits per heavy atom. The predicted octanol–water partition coefficient (Wildman–Crippen LogP) is 2.35. The van der Waals surface area contributed by atoms with Crippen molar-refractivity contribution in [1.29, 1.82) is 0 Å². The molecular weight excluding hydrogens is 250 g/mol. The minimum Gasteiger partial charge on any atom is -0.497 e. The number of pyridine rings is 1. The van der Waals surface area contributed by atoms with E-state index in [1.54, 1.807) is 7.11 Å². The molecule has 20 heavy (non-hydrogen) atoms. The van der Waals surface area contributed by atoms with Crippen LogP contribution in [0.2, 0.25) is 0 Å². The smallest absolute Gasteiger partial charge is 0.121 e. The molecule has 0 atom stereocenters. The molecule has 0 fully saturated rings. The van der Waals surface area contributed by atoms with Gasteiger partial charge in [0.15, 0.2) is 0 Å². The monoisotopic (exact) mass is 271 g/mol. The number of likely N-dealkylation sites (N-methyl/N-ethyl adjacent to an activating group) is 1. The zero-order chi connectivity index (χ0) is 14.4. The average Bonchev–Trinajstić information content (AvgIpc) is 2.45. The summed E-state index contributed by atoms with van der Waals surface area (Å²) in [6, 6.07) is 9.96. The molecule has 1 aromatic carbocycles. The topological polar surface area (TPSA) is 51.4 Å². The molecule has 1 aromatic heterocycles. The molecular formula is C16H21N3O. The number of hydrogen-bond donors (Lipinski definition) is 1. The highest BCUT2D eigenvalue weighted by molar-refractivity contribution is 5.47. The van der Waals surface area contributed by atoms with Gasteiger partial charge < -0.3 is 15.4 Å². The Labute approximate surface area is 120 Å². The Bertz CT molecular complexity index is 543. The van der Waals surface area contributed by atoms with Crippen molar-refractivity contribution < 1.29 is 4.74 Å². The van der Waals surface area contributed by atoms with Crippen molar-refractivity contribution in [2.75, 3.05) is 26.4 Å². The lowest BCUT2D eigenvalue weighted by Crippen LogP contribution is -2.20. The highest BCUT2D eigenvalue weighted by atomic mass is 16.5. The first-order chi connectivity index (χ1) is 9.67. The third-order valence-electron chi connectivity index (χ3n) is 3.21. The number of nitrogens with zero attached hydrogens (tertiary/aromatic N) is 2. The first-order valence-corrected chi connectivity index (χ1v) is 6.68. The summed E-state index contributed by atoms with van der Waals surface area (Å²) in [6.45, 7) is 1.84. The number of rotatable bonds is 6. The number of anilines is 1. The van der Waals surface area contributed by atoms with Crippen molar-refractivity contribution in [3.8, 4) is 5.75 Å². The summed E-state index contributed by atoms with van der Waals surface area (Å²) >= 11 is 0. The number of nitrogens with two attached hydrogens (primary N) is 1. The van der Waals surface area contributed by atoms with Crippen molar-refractivity contribution >= 4 is 5.69 Å². The van der Waals surface area contributed by atoms with E-state index < -0.39 is 0 Å². The molecule has 0 saturated carbocycles. The number of hydrogen-bond acceptors (Lipinski definition) is 4. The third kappa shape index (κ3) is 4.24. The van der Waals surface area contributed by atoms with E-state index >= 15 is 0 Å². The van der Waals surface area contributed by atoms with Gasteiger partial charge in [0.2, 0.25) is 0 Å². The van der Waals surface area contributed by atoms with E-state index in [0.717, 1.165) is 30.9 Å². The van der Waals surface area contributed by atoms with Gasteiger partial charge in [-0.2, -0.15) is 0 Å². The molecule has 0 aliphatic rings. The van der Waals surface area contributed by atoms with E-state index in [2.05, 4.69) is 29.1 Å². The van der Waals surface area contributed by atoms with Crippen LogP contribution in [0.15, 0.2) is 42.7 Å². The Balaban J connectivity index is 1.91. The minimum absolute atomic E-state index is 0.738. The standard InChI is InChI=1S/C16H21N3O/c1-19(8-5-13-3-6-18-7-4-13)12-14-9-15(17)11-16(10-14)20-2/h3-4,6-7,9-11H,5,8,12,17H2,1-2H3. The van der Waals surface area contributed by atoms with Crippen molar-refractivity contribution in [2.45, 2.75) is 13.0 Å². The largest absolute Gasteiger partial charge is 0.497 e. The van der Waals surface area contributed by atoms with E-state index in [1.807, 2.05) is 30.6 Å². The summed E-state index contributed by atoms with van der Waals surface area (Å²) in [6.07, 6.45) is 4.68. The van der Waals surface area contributed by atoms with Gasteiger partial charge in [0.1, 0.15) is 5.75 Å². The minimum atomic E-state index is 0.738. The Morgan fingerprint density at radius 2 is 1.90 bits per heavy atom. The molecule has 0 aliphatic heterocycles. The molecule has 1 heterocycles. The van der Waals surface area contributed by atoms with Crippen LogP contribution >= 0.6 is 0 Å². The second kappa shape index (κ2) is 6.91. The first kappa shape index (κ1) is 14.3. The number of methoxy groups -OCH3 is 1. The first-order valence-electron chi connectivity index (χ1n) is 6.68. The second-order valence-electron chi connectivity index (χ2n) is 4.96. The van der Waals surface area contributed by atoms with Crippen LogP contribution in [-0.2, 0) is 13.0 Å². The fourth-order valence-electron chi connectivity index (χ4n) is 2.16. The Hall–Kier alpha value is -2.07. The van der Waals surface area contributed by atoms with Crippen LogP contribution in [-0.4, -0.2) is 30.6 Å². The predicted molar refractivity (Wildman–Crippen MR) is 81.7 cm³/mol. The molecule has 0 spiro atoms. The summed E-state index contributed by atoms with van der Waals surface area (Å²) in [4.78, 5) is 6.30. The third-order valence-corrected chi connectivity index (χ3v) is 3.21. The highest BCUT2D eigenvalue weighted by Crippen LogP contribution is 2.19. The average molecular weight is 271 g/mol. The van der Waals surface area contributed by atoms with Gasteiger partial charge >= 0.3 is 0 Å². The number of ether oxygens (including phenoxy) is 1. The molecule has 2 rings (SSSR count). The zero-order valence-corrected chi connectivity index (χ0v) is 12.0. The van der Waals surface area contributed by atoms with Crippen LogP contribution in [0.4, 0.5) is 5.69 Å². The van der Waals surface area contributed by atoms with Gasteiger partial charge in [-0.25, -0.2) is 0 Å². The van der Waals surface area contributed by atoms with E-state index in [0.29, 0.717) is 0 Å². The molecule has 0 unspecified atom stereocenters. The van der Waals surface area contributed by atoms with Crippen molar-refractivity contribution in [1.82, 2.24) is 9.88 Å². The summed E-state index contributed by atoms with van der Waals surface area (Å²) < 4.78 is 5.24. The van der Waals surface area contributed by atoms with E-state index in [9.17, 15) is 0 Å². The molecule has 2 aromatic rings. The highest BCUT2D eigenvalue weighted by Gasteiger charge is 2.04. The quantitative estimate of drug-likeness (QED) is 0.819. The van der Waals surface area contributed by atoms with Gasteiger partial charge in [-0.05, 0) is 48.9 Å². The van der Waals surface area contributed by atoms with Gasteiger partial charge in [0, 0.05) is 37.2 Å². The summed E-state index contributed by atoms with van der Waals surface area (Å²) in [5, 5.41) is 0. The maximum absolute atomic E-state index is 5.87. The Morgan fingerprint density at radius 3 is 2.60 bits per heavy atom. The lowest BCUT2D eigenvalue weighted by molar-refractivity contribution is 0.330. The van der Waals surface area contributed by atoms with Crippen LogP contribution in [0.3, 0.4) is 0 Å². The lowest BCUT2D eigenvalue weighted by atomic mass is 10.1. The zero-order valence-electron chi connectivity index (χ0n) is 12.0. The molecule has 2 N–H and O–H groups in total. The van der Waals surface area contributed by atoms with Crippen LogP contribution < -0.4 is 10.5 Å². The Kier molecular flexibility index (Phi) is 4.96. The number of aromatic nitrogens is 1. The molecule has 106 valence electrons. The van der Waals surface area contributed by atoms with Gasteiger partial charge in [0.25, 0.3) is 0 Å². The SMILES string of the molecule is COc1cc(N)cc(CN(C)CCc2ccncc2)c1. The normalized spacial score (nSPS) is 10.8. The van der Waals surface area contributed by atoms with Crippen LogP contribution in [0.5, 0.6) is 5.75 Å². The van der Waals surface area contributed by atoms with Crippen LogP contribution in [0.1, 0.15) is 11.1 Å². The molecule has 0 saturated heterocycles. The van der Waals surface area contributed by atoms with Crippen molar-refractivity contribution in [3.63, 3.8) is 0 Å². The van der Waals surface area contributed by atoms with Gasteiger partial charge in [-0.15, -0.1) is 0 Å². The van der Waals surface area contributed by atoms with E-state index in [1.165, 1.54) is 11.1 Å². The summed E-state index contributed by atoms with van der Waals surface area (Å²) in [5.41, 5.74) is 9.08. The van der Waals surface area contributed by atoms with Crippen molar-refractivity contribution in [2.24, 2.45) is 0 Å². The lowest BCUT2D eigenvalue weighted by Gasteiger charge is -2.17. The van der Waals surface area contributed by atoms with Gasteiger partial charge in [-0.1, -0.05) is 0 Å².